The topological polar surface area (TPSA) is 68.2 Å². The van der Waals surface area contributed by atoms with Gasteiger partial charge >= 0.3 is 0 Å². The second kappa shape index (κ2) is 2.90. The molecular weight excluding hydrogens is 176 g/mol. The second-order valence-corrected chi connectivity index (χ2v) is 3.85. The van der Waals surface area contributed by atoms with Crippen molar-refractivity contribution in [1.82, 2.24) is 0 Å². The largest absolute Gasteiger partial charge is 0.385 e. The SMILES string of the molecule is CC1(C)O[C@H]2[C@H](O)C(O)OC[C@H]2O1. The lowest BCUT2D eigenvalue weighted by atomic mass is 10.1. The summed E-state index contributed by atoms with van der Waals surface area (Å²) >= 11 is 0. The van der Waals surface area contributed by atoms with Crippen LogP contribution < -0.4 is 0 Å². The summed E-state index contributed by atoms with van der Waals surface area (Å²) in [7, 11) is 0. The van der Waals surface area contributed by atoms with E-state index in [9.17, 15) is 10.2 Å². The average Bonchev–Trinajstić information content (AvgIpc) is 2.34. The van der Waals surface area contributed by atoms with Crippen LogP contribution in [0.4, 0.5) is 0 Å². The molecule has 2 saturated heterocycles. The fourth-order valence-corrected chi connectivity index (χ4v) is 1.74. The first kappa shape index (κ1) is 9.36. The van der Waals surface area contributed by atoms with Crippen molar-refractivity contribution < 1.29 is 24.4 Å². The molecule has 0 aromatic carbocycles. The minimum absolute atomic E-state index is 0.256. The molecule has 76 valence electrons. The molecule has 0 bridgehead atoms. The van der Waals surface area contributed by atoms with Gasteiger partial charge in [-0.05, 0) is 13.8 Å². The fourth-order valence-electron chi connectivity index (χ4n) is 1.74. The molecule has 2 fully saturated rings. The maximum Gasteiger partial charge on any atom is 0.183 e. The first-order valence-electron chi connectivity index (χ1n) is 4.33. The lowest BCUT2D eigenvalue weighted by Gasteiger charge is -2.31. The number of hydrogen-bond acceptors (Lipinski definition) is 5. The van der Waals surface area contributed by atoms with Crippen LogP contribution in [0.2, 0.25) is 0 Å². The summed E-state index contributed by atoms with van der Waals surface area (Å²) in [5, 5.41) is 18.7. The molecule has 2 aliphatic heterocycles. The predicted molar refractivity (Wildman–Crippen MR) is 41.8 cm³/mol. The third-order valence-electron chi connectivity index (χ3n) is 2.28. The van der Waals surface area contributed by atoms with Gasteiger partial charge in [-0.3, -0.25) is 0 Å². The van der Waals surface area contributed by atoms with Gasteiger partial charge in [0.2, 0.25) is 0 Å². The summed E-state index contributed by atoms with van der Waals surface area (Å²) in [4.78, 5) is 0. The Morgan fingerprint density at radius 3 is 2.62 bits per heavy atom. The lowest BCUT2D eigenvalue weighted by Crippen LogP contribution is -2.51. The Morgan fingerprint density at radius 1 is 1.23 bits per heavy atom. The maximum absolute atomic E-state index is 9.50. The summed E-state index contributed by atoms with van der Waals surface area (Å²) in [5.41, 5.74) is 0. The van der Waals surface area contributed by atoms with E-state index in [-0.39, 0.29) is 12.7 Å². The molecule has 2 N–H and O–H groups in total. The Hall–Kier alpha value is -0.200. The van der Waals surface area contributed by atoms with Crippen molar-refractivity contribution in [3.63, 3.8) is 0 Å². The van der Waals surface area contributed by atoms with E-state index in [1.54, 1.807) is 13.8 Å². The number of rotatable bonds is 0. The highest BCUT2D eigenvalue weighted by molar-refractivity contribution is 4.90. The predicted octanol–water partition coefficient (Wildman–Crippen LogP) is -0.784. The number of aliphatic hydroxyl groups excluding tert-OH is 2. The van der Waals surface area contributed by atoms with E-state index in [1.165, 1.54) is 0 Å². The number of aliphatic hydroxyl groups is 2. The Balaban J connectivity index is 2.11. The van der Waals surface area contributed by atoms with Crippen LogP contribution in [0.1, 0.15) is 13.8 Å². The monoisotopic (exact) mass is 190 g/mol. The lowest BCUT2D eigenvalue weighted by molar-refractivity contribution is -0.230. The van der Waals surface area contributed by atoms with Crippen molar-refractivity contribution in [2.75, 3.05) is 6.61 Å². The van der Waals surface area contributed by atoms with Crippen molar-refractivity contribution in [1.29, 1.82) is 0 Å². The zero-order valence-electron chi connectivity index (χ0n) is 7.64. The van der Waals surface area contributed by atoms with Crippen molar-refractivity contribution in [3.05, 3.63) is 0 Å². The van der Waals surface area contributed by atoms with Crippen LogP contribution in [-0.2, 0) is 14.2 Å². The molecule has 5 heteroatoms. The fraction of sp³-hybridized carbons (Fsp3) is 1.00. The molecule has 0 radical (unpaired) electrons. The van der Waals surface area contributed by atoms with E-state index < -0.39 is 24.3 Å². The average molecular weight is 190 g/mol. The molecule has 2 rings (SSSR count). The van der Waals surface area contributed by atoms with E-state index in [0.29, 0.717) is 0 Å². The minimum atomic E-state index is -1.17. The van der Waals surface area contributed by atoms with Gasteiger partial charge < -0.3 is 24.4 Å². The zero-order valence-corrected chi connectivity index (χ0v) is 7.64. The van der Waals surface area contributed by atoms with Crippen molar-refractivity contribution >= 4 is 0 Å². The molecule has 0 saturated carbocycles. The minimum Gasteiger partial charge on any atom is -0.385 e. The van der Waals surface area contributed by atoms with E-state index in [1.807, 2.05) is 0 Å². The molecule has 0 aliphatic carbocycles. The summed E-state index contributed by atoms with van der Waals surface area (Å²) < 4.78 is 15.8. The van der Waals surface area contributed by atoms with Crippen LogP contribution in [0, 0.1) is 0 Å². The Bertz CT molecular complexity index is 205. The van der Waals surface area contributed by atoms with E-state index in [0.717, 1.165) is 0 Å². The molecule has 2 heterocycles. The summed E-state index contributed by atoms with van der Waals surface area (Å²) in [6.07, 6.45) is -2.97. The van der Waals surface area contributed by atoms with Crippen molar-refractivity contribution in [2.24, 2.45) is 0 Å². The molecule has 0 spiro atoms. The number of hydrogen-bond donors (Lipinski definition) is 2. The number of fused-ring (bicyclic) bond motifs is 1. The van der Waals surface area contributed by atoms with Crippen LogP contribution in [0.3, 0.4) is 0 Å². The Kier molecular flexibility index (Phi) is 2.08. The summed E-state index contributed by atoms with van der Waals surface area (Å²) in [6.45, 7) is 3.79. The maximum atomic E-state index is 9.50. The van der Waals surface area contributed by atoms with Gasteiger partial charge in [-0.1, -0.05) is 0 Å². The van der Waals surface area contributed by atoms with Crippen LogP contribution in [0.15, 0.2) is 0 Å². The van der Waals surface area contributed by atoms with Crippen molar-refractivity contribution in [2.45, 2.75) is 44.2 Å². The van der Waals surface area contributed by atoms with Gasteiger partial charge in [0.1, 0.15) is 18.3 Å². The highest BCUT2D eigenvalue weighted by Crippen LogP contribution is 2.33. The second-order valence-electron chi connectivity index (χ2n) is 3.85. The van der Waals surface area contributed by atoms with Gasteiger partial charge in [-0.25, -0.2) is 0 Å². The number of ether oxygens (including phenoxy) is 3. The van der Waals surface area contributed by atoms with Gasteiger partial charge in [0.15, 0.2) is 12.1 Å². The Labute approximate surface area is 76.2 Å². The smallest absolute Gasteiger partial charge is 0.183 e. The third kappa shape index (κ3) is 1.58. The summed E-state index contributed by atoms with van der Waals surface area (Å²) in [6, 6.07) is 0. The quantitative estimate of drug-likeness (QED) is 0.524. The molecule has 0 aromatic rings. The molecule has 5 nitrogen and oxygen atoms in total. The highest BCUT2D eigenvalue weighted by Gasteiger charge is 2.50. The van der Waals surface area contributed by atoms with E-state index >= 15 is 0 Å². The molecule has 4 atom stereocenters. The van der Waals surface area contributed by atoms with Crippen LogP contribution in [-0.4, -0.2) is 47.2 Å². The molecular formula is C8H14O5. The molecule has 13 heavy (non-hydrogen) atoms. The van der Waals surface area contributed by atoms with Crippen LogP contribution >= 0.6 is 0 Å². The molecule has 0 aromatic heterocycles. The van der Waals surface area contributed by atoms with Gasteiger partial charge in [-0.2, -0.15) is 0 Å². The van der Waals surface area contributed by atoms with E-state index in [2.05, 4.69) is 0 Å². The third-order valence-corrected chi connectivity index (χ3v) is 2.28. The van der Waals surface area contributed by atoms with Crippen LogP contribution in [0.25, 0.3) is 0 Å². The first-order chi connectivity index (χ1) is 5.99. The molecule has 2 aliphatic rings. The zero-order chi connectivity index (χ0) is 9.64. The van der Waals surface area contributed by atoms with Crippen LogP contribution in [0.5, 0.6) is 0 Å². The standard InChI is InChI=1S/C8H14O5/c1-8(2)12-4-3-11-7(10)5(9)6(4)13-8/h4-7,9-10H,3H2,1-2H3/t4-,5+,6-,7?/m1/s1. The Morgan fingerprint density at radius 2 is 1.92 bits per heavy atom. The van der Waals surface area contributed by atoms with Gasteiger partial charge in [-0.15, -0.1) is 0 Å². The highest BCUT2D eigenvalue weighted by atomic mass is 16.8. The van der Waals surface area contributed by atoms with E-state index in [4.69, 9.17) is 14.2 Å². The van der Waals surface area contributed by atoms with Gasteiger partial charge in [0, 0.05) is 0 Å². The molecule has 1 unspecified atom stereocenters. The summed E-state index contributed by atoms with van der Waals surface area (Å²) in [5.74, 6) is -0.705. The van der Waals surface area contributed by atoms with Gasteiger partial charge in [0.05, 0.1) is 6.61 Å². The molecule has 0 amide bonds. The normalized spacial score (nSPS) is 48.9. The van der Waals surface area contributed by atoms with Gasteiger partial charge in [0.25, 0.3) is 0 Å². The first-order valence-corrected chi connectivity index (χ1v) is 4.33. The van der Waals surface area contributed by atoms with Crippen molar-refractivity contribution in [3.8, 4) is 0 Å².